The molecule has 0 aliphatic heterocycles. The molecule has 98 valence electrons. The van der Waals surface area contributed by atoms with Crippen LogP contribution in [0.25, 0.3) is 0 Å². The largest absolute Gasteiger partial charge is 0.366 e. The molecule has 0 aliphatic rings. The predicted molar refractivity (Wildman–Crippen MR) is 70.5 cm³/mol. The van der Waals surface area contributed by atoms with Gasteiger partial charge in [0.1, 0.15) is 0 Å². The molecule has 0 bridgehead atoms. The maximum absolute atomic E-state index is 11.7. The minimum Gasteiger partial charge on any atom is -0.366 e. The van der Waals surface area contributed by atoms with Crippen LogP contribution in [-0.4, -0.2) is 43.9 Å². The maximum Gasteiger partial charge on any atom is 0.251 e. The number of carbonyl (C=O) groups is 2. The molecule has 18 heavy (non-hydrogen) atoms. The summed E-state index contributed by atoms with van der Waals surface area (Å²) >= 11 is 0. The monoisotopic (exact) mass is 249 g/mol. The van der Waals surface area contributed by atoms with Gasteiger partial charge in [-0.05, 0) is 51.3 Å². The molecule has 1 aromatic carbocycles. The predicted octanol–water partition coefficient (Wildman–Crippen LogP) is 0.467. The van der Waals surface area contributed by atoms with Crippen LogP contribution >= 0.6 is 0 Å². The van der Waals surface area contributed by atoms with Gasteiger partial charge in [-0.1, -0.05) is 0 Å². The zero-order valence-electron chi connectivity index (χ0n) is 10.8. The van der Waals surface area contributed by atoms with E-state index >= 15 is 0 Å². The van der Waals surface area contributed by atoms with Gasteiger partial charge in [-0.25, -0.2) is 0 Å². The van der Waals surface area contributed by atoms with Gasteiger partial charge in [-0.2, -0.15) is 0 Å². The Hall–Kier alpha value is -1.88. The van der Waals surface area contributed by atoms with Crippen molar-refractivity contribution in [3.8, 4) is 0 Å². The second kappa shape index (κ2) is 6.76. The number of rotatable bonds is 6. The number of nitrogens with one attached hydrogen (secondary N) is 1. The summed E-state index contributed by atoms with van der Waals surface area (Å²) < 4.78 is 0. The summed E-state index contributed by atoms with van der Waals surface area (Å²) in [4.78, 5) is 24.7. The molecule has 0 radical (unpaired) electrons. The van der Waals surface area contributed by atoms with Crippen LogP contribution < -0.4 is 11.1 Å². The molecular weight excluding hydrogens is 230 g/mol. The average molecular weight is 249 g/mol. The second-order valence-corrected chi connectivity index (χ2v) is 4.35. The highest BCUT2D eigenvalue weighted by molar-refractivity contribution is 5.97. The molecular formula is C13H19N3O2. The van der Waals surface area contributed by atoms with Crippen LogP contribution in [0.1, 0.15) is 27.1 Å². The topological polar surface area (TPSA) is 75.4 Å². The van der Waals surface area contributed by atoms with Crippen LogP contribution in [0.3, 0.4) is 0 Å². The minimum atomic E-state index is -0.493. The Morgan fingerprint density at radius 1 is 1.17 bits per heavy atom. The Bertz CT molecular complexity index is 413. The summed E-state index contributed by atoms with van der Waals surface area (Å²) in [5.41, 5.74) is 6.06. The molecule has 0 fully saturated rings. The number of benzene rings is 1. The minimum absolute atomic E-state index is 0.134. The summed E-state index contributed by atoms with van der Waals surface area (Å²) in [5.74, 6) is -0.627. The van der Waals surface area contributed by atoms with Crippen molar-refractivity contribution < 1.29 is 9.59 Å². The van der Waals surface area contributed by atoms with E-state index in [2.05, 4.69) is 10.2 Å². The first-order chi connectivity index (χ1) is 8.50. The number of hydrogen-bond donors (Lipinski definition) is 2. The quantitative estimate of drug-likeness (QED) is 0.719. The van der Waals surface area contributed by atoms with Crippen LogP contribution in [0.5, 0.6) is 0 Å². The van der Waals surface area contributed by atoms with Crippen molar-refractivity contribution in [2.24, 2.45) is 5.73 Å². The van der Waals surface area contributed by atoms with Gasteiger partial charge in [0.05, 0.1) is 0 Å². The SMILES string of the molecule is CN(C)CCCNC(=O)c1ccc(C(N)=O)cc1. The van der Waals surface area contributed by atoms with Gasteiger partial charge >= 0.3 is 0 Å². The van der Waals surface area contributed by atoms with E-state index in [0.717, 1.165) is 13.0 Å². The Labute approximate surface area is 107 Å². The molecule has 5 nitrogen and oxygen atoms in total. The smallest absolute Gasteiger partial charge is 0.251 e. The highest BCUT2D eigenvalue weighted by Crippen LogP contribution is 2.03. The molecule has 0 aromatic heterocycles. The lowest BCUT2D eigenvalue weighted by atomic mass is 10.1. The van der Waals surface area contributed by atoms with Crippen LogP contribution in [0.4, 0.5) is 0 Å². The van der Waals surface area contributed by atoms with E-state index in [1.807, 2.05) is 14.1 Å². The van der Waals surface area contributed by atoms with Crippen molar-refractivity contribution >= 4 is 11.8 Å². The van der Waals surface area contributed by atoms with Gasteiger partial charge in [0.25, 0.3) is 5.91 Å². The highest BCUT2D eigenvalue weighted by Gasteiger charge is 2.06. The molecule has 0 saturated carbocycles. The Morgan fingerprint density at radius 3 is 2.22 bits per heavy atom. The van der Waals surface area contributed by atoms with Gasteiger partial charge in [0.2, 0.25) is 5.91 Å². The van der Waals surface area contributed by atoms with Crippen LogP contribution in [0.2, 0.25) is 0 Å². The molecule has 0 aliphatic carbocycles. The zero-order chi connectivity index (χ0) is 13.5. The van der Waals surface area contributed by atoms with E-state index in [4.69, 9.17) is 5.73 Å². The Kier molecular flexibility index (Phi) is 5.32. The number of amides is 2. The fourth-order valence-electron chi connectivity index (χ4n) is 1.49. The van der Waals surface area contributed by atoms with Crippen LogP contribution in [0.15, 0.2) is 24.3 Å². The third-order valence-corrected chi connectivity index (χ3v) is 2.50. The zero-order valence-corrected chi connectivity index (χ0v) is 10.8. The first-order valence-electron chi connectivity index (χ1n) is 5.83. The lowest BCUT2D eigenvalue weighted by Gasteiger charge is -2.10. The van der Waals surface area contributed by atoms with Crippen molar-refractivity contribution in [3.63, 3.8) is 0 Å². The fraction of sp³-hybridized carbons (Fsp3) is 0.385. The van der Waals surface area contributed by atoms with E-state index in [9.17, 15) is 9.59 Å². The van der Waals surface area contributed by atoms with Crippen molar-refractivity contribution in [1.82, 2.24) is 10.2 Å². The van der Waals surface area contributed by atoms with Crippen LogP contribution in [0, 0.1) is 0 Å². The summed E-state index contributed by atoms with van der Waals surface area (Å²) in [6.07, 6.45) is 0.901. The molecule has 0 atom stereocenters. The summed E-state index contributed by atoms with van der Waals surface area (Å²) in [7, 11) is 3.98. The van der Waals surface area contributed by atoms with E-state index in [0.29, 0.717) is 17.7 Å². The van der Waals surface area contributed by atoms with E-state index in [1.54, 1.807) is 24.3 Å². The molecule has 1 rings (SSSR count). The first kappa shape index (κ1) is 14.2. The molecule has 0 spiro atoms. The first-order valence-corrected chi connectivity index (χ1v) is 5.83. The number of primary amides is 1. The number of hydrogen-bond acceptors (Lipinski definition) is 3. The number of nitrogens with two attached hydrogens (primary N) is 1. The normalized spacial score (nSPS) is 10.4. The molecule has 0 saturated heterocycles. The summed E-state index contributed by atoms with van der Waals surface area (Å²) in [6.45, 7) is 1.56. The van der Waals surface area contributed by atoms with Gasteiger partial charge in [-0.15, -0.1) is 0 Å². The molecule has 5 heteroatoms. The lowest BCUT2D eigenvalue weighted by Crippen LogP contribution is -2.27. The van der Waals surface area contributed by atoms with Crippen molar-refractivity contribution in [1.29, 1.82) is 0 Å². The van der Waals surface area contributed by atoms with Crippen LogP contribution in [-0.2, 0) is 0 Å². The molecule has 2 amide bonds. The van der Waals surface area contributed by atoms with E-state index in [1.165, 1.54) is 0 Å². The van der Waals surface area contributed by atoms with Gasteiger partial charge in [0.15, 0.2) is 0 Å². The van der Waals surface area contributed by atoms with Gasteiger partial charge in [-0.3, -0.25) is 9.59 Å². The molecule has 1 aromatic rings. The standard InChI is InChI=1S/C13H19N3O2/c1-16(2)9-3-8-15-13(18)11-6-4-10(5-7-11)12(14)17/h4-7H,3,8-9H2,1-2H3,(H2,14,17)(H,15,18). The molecule has 0 heterocycles. The second-order valence-electron chi connectivity index (χ2n) is 4.35. The maximum atomic E-state index is 11.7. The average Bonchev–Trinajstić information content (AvgIpc) is 2.34. The van der Waals surface area contributed by atoms with Crippen molar-refractivity contribution in [2.45, 2.75) is 6.42 Å². The Balaban J connectivity index is 2.44. The third-order valence-electron chi connectivity index (χ3n) is 2.50. The third kappa shape index (κ3) is 4.55. The number of carbonyl (C=O) groups excluding carboxylic acids is 2. The molecule has 3 N–H and O–H groups in total. The summed E-state index contributed by atoms with van der Waals surface area (Å²) in [5, 5.41) is 2.82. The van der Waals surface area contributed by atoms with Crippen molar-refractivity contribution in [2.75, 3.05) is 27.2 Å². The summed E-state index contributed by atoms with van der Waals surface area (Å²) in [6, 6.07) is 6.30. The molecule has 0 unspecified atom stereocenters. The van der Waals surface area contributed by atoms with E-state index < -0.39 is 5.91 Å². The highest BCUT2D eigenvalue weighted by atomic mass is 16.2. The van der Waals surface area contributed by atoms with Crippen molar-refractivity contribution in [3.05, 3.63) is 35.4 Å². The van der Waals surface area contributed by atoms with E-state index in [-0.39, 0.29) is 5.91 Å². The van der Waals surface area contributed by atoms with Gasteiger partial charge in [0, 0.05) is 17.7 Å². The van der Waals surface area contributed by atoms with Gasteiger partial charge < -0.3 is 16.0 Å². The fourth-order valence-corrected chi connectivity index (χ4v) is 1.49. The number of nitrogens with zero attached hydrogens (tertiary/aromatic N) is 1. The Morgan fingerprint density at radius 2 is 1.72 bits per heavy atom. The lowest BCUT2D eigenvalue weighted by molar-refractivity contribution is 0.0949.